The topological polar surface area (TPSA) is 64.2 Å². The number of benzene rings is 1. The quantitative estimate of drug-likeness (QED) is 0.738. The highest BCUT2D eigenvalue weighted by Crippen LogP contribution is 2.24. The third kappa shape index (κ3) is 4.40. The van der Waals surface area contributed by atoms with Gasteiger partial charge in [0.2, 0.25) is 11.8 Å². The lowest BCUT2D eigenvalue weighted by Crippen LogP contribution is -2.56. The van der Waals surface area contributed by atoms with Gasteiger partial charge in [0.1, 0.15) is 12.4 Å². The number of anilines is 1. The number of amides is 3. The van der Waals surface area contributed by atoms with E-state index in [0.717, 1.165) is 55.7 Å². The normalized spacial score (nSPS) is 23.8. The van der Waals surface area contributed by atoms with Gasteiger partial charge in [0, 0.05) is 45.3 Å². The highest BCUT2D eigenvalue weighted by Gasteiger charge is 2.35. The second-order valence-corrected chi connectivity index (χ2v) is 8.57. The molecule has 0 radical (unpaired) electrons. The van der Waals surface area contributed by atoms with Crippen LogP contribution in [0, 0.1) is 5.82 Å². The number of thioether (sulfide) groups is 1. The van der Waals surface area contributed by atoms with Gasteiger partial charge in [-0.15, -0.1) is 0 Å². The number of piperazine rings is 1. The summed E-state index contributed by atoms with van der Waals surface area (Å²) >= 11 is 0.952. The number of hydrogen-bond donors (Lipinski definition) is 0. The maximum atomic E-state index is 14.0. The maximum Gasteiger partial charge on any atom is 0.289 e. The summed E-state index contributed by atoms with van der Waals surface area (Å²) in [5, 5.41) is -0.332. The van der Waals surface area contributed by atoms with Gasteiger partial charge in [0.05, 0.1) is 11.4 Å². The van der Waals surface area contributed by atoms with Crippen molar-refractivity contribution in [1.82, 2.24) is 14.7 Å². The van der Waals surface area contributed by atoms with Crippen molar-refractivity contribution < 1.29 is 18.8 Å². The van der Waals surface area contributed by atoms with Crippen LogP contribution in [-0.4, -0.2) is 89.4 Å². The van der Waals surface area contributed by atoms with Crippen molar-refractivity contribution >= 4 is 34.5 Å². The Morgan fingerprint density at radius 1 is 1.10 bits per heavy atom. The lowest BCUT2D eigenvalue weighted by Gasteiger charge is -2.44. The largest absolute Gasteiger partial charge is 0.367 e. The van der Waals surface area contributed by atoms with Crippen LogP contribution in [0.2, 0.25) is 0 Å². The summed E-state index contributed by atoms with van der Waals surface area (Å²) < 4.78 is 14.0. The minimum atomic E-state index is -0.332. The van der Waals surface area contributed by atoms with Gasteiger partial charge in [0.15, 0.2) is 0 Å². The standard InChI is InChI=1S/C20H25FN4O3S/c21-16-5-1-2-6-17(16)23-10-8-22(9-11-23)15-4-3-7-24(12-15)18(26)13-25-19(27)14-29-20(25)28/h1-2,5-6,15H,3-4,7-14H2. The number of carbonyl (C=O) groups excluding carboxylic acids is 3. The van der Waals surface area contributed by atoms with Crippen LogP contribution in [-0.2, 0) is 9.59 Å². The summed E-state index contributed by atoms with van der Waals surface area (Å²) in [6, 6.07) is 7.11. The molecule has 0 aromatic heterocycles. The Bertz CT molecular complexity index is 784. The van der Waals surface area contributed by atoms with Gasteiger partial charge in [-0.25, -0.2) is 4.39 Å². The Morgan fingerprint density at radius 3 is 2.55 bits per heavy atom. The first-order chi connectivity index (χ1) is 14.0. The fourth-order valence-electron chi connectivity index (χ4n) is 4.28. The van der Waals surface area contributed by atoms with E-state index in [9.17, 15) is 18.8 Å². The SMILES string of the molecule is O=C(CN1C(=O)CSC1=O)N1CCCC(N2CCN(c3ccccc3F)CC2)C1. The molecule has 156 valence electrons. The molecule has 1 aromatic rings. The second kappa shape index (κ2) is 8.71. The fourth-order valence-corrected chi connectivity index (χ4v) is 5.01. The Balaban J connectivity index is 1.31. The van der Waals surface area contributed by atoms with Gasteiger partial charge in [-0.1, -0.05) is 23.9 Å². The van der Waals surface area contributed by atoms with E-state index in [2.05, 4.69) is 9.80 Å². The highest BCUT2D eigenvalue weighted by molar-refractivity contribution is 8.14. The molecule has 1 unspecified atom stereocenters. The second-order valence-electron chi connectivity index (χ2n) is 7.64. The molecule has 9 heteroatoms. The number of para-hydroxylation sites is 1. The van der Waals surface area contributed by atoms with Crippen molar-refractivity contribution in [2.75, 3.05) is 56.5 Å². The van der Waals surface area contributed by atoms with E-state index < -0.39 is 0 Å². The molecular formula is C20H25FN4O3S. The van der Waals surface area contributed by atoms with Crippen molar-refractivity contribution in [3.63, 3.8) is 0 Å². The minimum Gasteiger partial charge on any atom is -0.367 e. The molecule has 3 heterocycles. The van der Waals surface area contributed by atoms with Gasteiger partial charge in [0.25, 0.3) is 5.24 Å². The zero-order chi connectivity index (χ0) is 20.4. The molecule has 0 N–H and O–H groups in total. The third-order valence-corrected chi connectivity index (χ3v) is 6.77. The molecule has 3 saturated heterocycles. The first-order valence-electron chi connectivity index (χ1n) is 10.0. The van der Waals surface area contributed by atoms with E-state index in [0.29, 0.717) is 18.8 Å². The monoisotopic (exact) mass is 420 g/mol. The van der Waals surface area contributed by atoms with E-state index in [-0.39, 0.29) is 41.2 Å². The van der Waals surface area contributed by atoms with E-state index in [1.165, 1.54) is 6.07 Å². The van der Waals surface area contributed by atoms with Crippen LogP contribution in [0.5, 0.6) is 0 Å². The number of nitrogens with zero attached hydrogens (tertiary/aromatic N) is 4. The average molecular weight is 421 g/mol. The van der Waals surface area contributed by atoms with E-state index in [1.807, 2.05) is 12.1 Å². The molecule has 0 saturated carbocycles. The number of piperidine rings is 1. The zero-order valence-electron chi connectivity index (χ0n) is 16.3. The number of likely N-dealkylation sites (tertiary alicyclic amines) is 1. The van der Waals surface area contributed by atoms with Crippen molar-refractivity contribution in [3.8, 4) is 0 Å². The smallest absolute Gasteiger partial charge is 0.289 e. The fraction of sp³-hybridized carbons (Fsp3) is 0.550. The highest BCUT2D eigenvalue weighted by atomic mass is 32.2. The molecular weight excluding hydrogens is 395 g/mol. The number of hydrogen-bond acceptors (Lipinski definition) is 6. The predicted molar refractivity (Wildman–Crippen MR) is 109 cm³/mol. The molecule has 3 aliphatic rings. The summed E-state index contributed by atoms with van der Waals surface area (Å²) in [4.78, 5) is 43.4. The summed E-state index contributed by atoms with van der Waals surface area (Å²) in [5.41, 5.74) is 0.644. The molecule has 0 aliphatic carbocycles. The van der Waals surface area contributed by atoms with Crippen LogP contribution in [0.4, 0.5) is 14.9 Å². The van der Waals surface area contributed by atoms with E-state index in [1.54, 1.807) is 11.0 Å². The van der Waals surface area contributed by atoms with Crippen LogP contribution in [0.25, 0.3) is 0 Å². The molecule has 4 rings (SSSR count). The average Bonchev–Trinajstić information content (AvgIpc) is 3.06. The van der Waals surface area contributed by atoms with Crippen LogP contribution in [0.3, 0.4) is 0 Å². The summed E-state index contributed by atoms with van der Waals surface area (Å²) in [7, 11) is 0. The lowest BCUT2D eigenvalue weighted by molar-refractivity contribution is -0.138. The zero-order valence-corrected chi connectivity index (χ0v) is 17.1. The van der Waals surface area contributed by atoms with Crippen molar-refractivity contribution in [2.24, 2.45) is 0 Å². The van der Waals surface area contributed by atoms with Gasteiger partial charge < -0.3 is 9.80 Å². The Hall–Kier alpha value is -2.13. The van der Waals surface area contributed by atoms with Crippen LogP contribution in [0.15, 0.2) is 24.3 Å². The molecule has 1 aromatic carbocycles. The van der Waals surface area contributed by atoms with E-state index >= 15 is 0 Å². The Morgan fingerprint density at radius 2 is 1.86 bits per heavy atom. The van der Waals surface area contributed by atoms with Crippen LogP contribution >= 0.6 is 11.8 Å². The van der Waals surface area contributed by atoms with Gasteiger partial charge >= 0.3 is 0 Å². The molecule has 0 bridgehead atoms. The molecule has 0 spiro atoms. The lowest BCUT2D eigenvalue weighted by atomic mass is 10.0. The third-order valence-electron chi connectivity index (χ3n) is 5.91. The van der Waals surface area contributed by atoms with Gasteiger partial charge in [-0.2, -0.15) is 0 Å². The maximum absolute atomic E-state index is 14.0. The minimum absolute atomic E-state index is 0.126. The number of imide groups is 1. The predicted octanol–water partition coefficient (Wildman–Crippen LogP) is 1.63. The van der Waals surface area contributed by atoms with Crippen molar-refractivity contribution in [2.45, 2.75) is 18.9 Å². The Kier molecular flexibility index (Phi) is 6.05. The molecule has 3 fully saturated rings. The summed E-state index contributed by atoms with van der Waals surface area (Å²) in [5.74, 6) is -0.518. The molecule has 7 nitrogen and oxygen atoms in total. The van der Waals surface area contributed by atoms with Crippen LogP contribution in [0.1, 0.15) is 12.8 Å². The molecule has 1 atom stereocenters. The van der Waals surface area contributed by atoms with E-state index in [4.69, 9.17) is 0 Å². The number of carbonyl (C=O) groups is 3. The molecule has 3 aliphatic heterocycles. The number of halogens is 1. The first kappa shape index (κ1) is 20.2. The molecule has 3 amide bonds. The van der Waals surface area contributed by atoms with Crippen molar-refractivity contribution in [3.05, 3.63) is 30.1 Å². The van der Waals surface area contributed by atoms with Gasteiger partial charge in [-0.3, -0.25) is 24.2 Å². The van der Waals surface area contributed by atoms with Crippen LogP contribution < -0.4 is 4.90 Å². The Labute approximate surface area is 173 Å². The van der Waals surface area contributed by atoms with Crippen molar-refractivity contribution in [1.29, 1.82) is 0 Å². The number of rotatable bonds is 4. The van der Waals surface area contributed by atoms with Gasteiger partial charge in [-0.05, 0) is 25.0 Å². The summed E-state index contributed by atoms with van der Waals surface area (Å²) in [6.45, 7) is 4.26. The summed E-state index contributed by atoms with van der Waals surface area (Å²) in [6.07, 6.45) is 1.92. The first-order valence-corrected chi connectivity index (χ1v) is 11.0. The molecule has 29 heavy (non-hydrogen) atoms.